The Labute approximate surface area is 115 Å². The van der Waals surface area contributed by atoms with Gasteiger partial charge < -0.3 is 10.5 Å². The Bertz CT molecular complexity index is 561. The molecule has 0 radical (unpaired) electrons. The normalized spacial score (nSPS) is 10.8. The fraction of sp³-hybridized carbons (Fsp3) is 0.294. The van der Waals surface area contributed by atoms with Crippen LogP contribution in [0.4, 0.5) is 0 Å². The Kier molecular flexibility index (Phi) is 4.23. The number of ether oxygens (including phenoxy) is 1. The first-order chi connectivity index (χ1) is 9.15. The maximum absolute atomic E-state index is 5.70. The lowest BCUT2D eigenvalue weighted by atomic mass is 9.96. The molecule has 0 aliphatic carbocycles. The highest BCUT2D eigenvalue weighted by molar-refractivity contribution is 5.67. The quantitative estimate of drug-likeness (QED) is 0.898. The molecule has 0 aliphatic rings. The lowest BCUT2D eigenvalue weighted by Crippen LogP contribution is -1.99. The predicted molar refractivity (Wildman–Crippen MR) is 80.4 cm³/mol. The van der Waals surface area contributed by atoms with Crippen LogP contribution in [0.15, 0.2) is 42.5 Å². The van der Waals surface area contributed by atoms with Gasteiger partial charge in [0.15, 0.2) is 0 Å². The molecule has 0 spiro atoms. The Balaban J connectivity index is 2.44. The highest BCUT2D eigenvalue weighted by Gasteiger charge is 2.06. The molecule has 0 atom stereocenters. The third-order valence-electron chi connectivity index (χ3n) is 3.39. The second kappa shape index (κ2) is 5.89. The van der Waals surface area contributed by atoms with Gasteiger partial charge in [-0.25, -0.2) is 0 Å². The molecule has 19 heavy (non-hydrogen) atoms. The molecular formula is C17H21NO. The second-order valence-electron chi connectivity index (χ2n) is 5.01. The molecule has 2 aromatic carbocycles. The van der Waals surface area contributed by atoms with Gasteiger partial charge in [-0.15, -0.1) is 0 Å². The zero-order valence-corrected chi connectivity index (χ0v) is 11.8. The second-order valence-corrected chi connectivity index (χ2v) is 5.01. The van der Waals surface area contributed by atoms with E-state index in [1.807, 2.05) is 6.07 Å². The van der Waals surface area contributed by atoms with Crippen molar-refractivity contribution in [2.24, 2.45) is 5.73 Å². The minimum Gasteiger partial charge on any atom is -0.496 e. The van der Waals surface area contributed by atoms with Crippen LogP contribution >= 0.6 is 0 Å². The van der Waals surface area contributed by atoms with E-state index in [0.717, 1.165) is 16.9 Å². The van der Waals surface area contributed by atoms with Crippen LogP contribution in [0.1, 0.15) is 30.9 Å². The van der Waals surface area contributed by atoms with Gasteiger partial charge in [-0.3, -0.25) is 0 Å². The van der Waals surface area contributed by atoms with E-state index >= 15 is 0 Å². The summed E-state index contributed by atoms with van der Waals surface area (Å²) in [5, 5.41) is 0. The van der Waals surface area contributed by atoms with Crippen molar-refractivity contribution in [2.75, 3.05) is 7.11 Å². The molecule has 0 heterocycles. The highest BCUT2D eigenvalue weighted by atomic mass is 16.5. The number of nitrogens with two attached hydrogens (primary N) is 1. The van der Waals surface area contributed by atoms with Crippen LogP contribution in [0.5, 0.6) is 5.75 Å². The molecule has 2 aromatic rings. The summed E-state index contributed by atoms with van der Waals surface area (Å²) in [7, 11) is 1.68. The molecule has 0 fully saturated rings. The van der Waals surface area contributed by atoms with Crippen molar-refractivity contribution in [3.05, 3.63) is 53.6 Å². The summed E-state index contributed by atoms with van der Waals surface area (Å²) in [6.07, 6.45) is 0. The van der Waals surface area contributed by atoms with Crippen molar-refractivity contribution >= 4 is 0 Å². The van der Waals surface area contributed by atoms with Gasteiger partial charge in [0.2, 0.25) is 0 Å². The van der Waals surface area contributed by atoms with E-state index in [2.05, 4.69) is 50.2 Å². The van der Waals surface area contributed by atoms with Crippen molar-refractivity contribution in [3.8, 4) is 16.9 Å². The Hall–Kier alpha value is -1.80. The Morgan fingerprint density at radius 2 is 1.79 bits per heavy atom. The van der Waals surface area contributed by atoms with E-state index < -0.39 is 0 Å². The monoisotopic (exact) mass is 255 g/mol. The summed E-state index contributed by atoms with van der Waals surface area (Å²) in [5.74, 6) is 1.39. The van der Waals surface area contributed by atoms with Crippen LogP contribution in [0.3, 0.4) is 0 Å². The number of benzene rings is 2. The topological polar surface area (TPSA) is 35.2 Å². The molecule has 2 rings (SSSR count). The van der Waals surface area contributed by atoms with Gasteiger partial charge in [0, 0.05) is 12.1 Å². The first-order valence-corrected chi connectivity index (χ1v) is 6.63. The summed E-state index contributed by atoms with van der Waals surface area (Å²) < 4.78 is 5.40. The minimum absolute atomic E-state index is 0.496. The molecule has 0 bridgehead atoms. The third kappa shape index (κ3) is 2.96. The fourth-order valence-corrected chi connectivity index (χ4v) is 2.17. The molecule has 2 nitrogen and oxygen atoms in total. The summed E-state index contributed by atoms with van der Waals surface area (Å²) in [5.41, 5.74) is 10.5. The van der Waals surface area contributed by atoms with Gasteiger partial charge in [-0.1, -0.05) is 50.2 Å². The number of methoxy groups -OCH3 is 1. The molecule has 0 unspecified atom stereocenters. The van der Waals surface area contributed by atoms with Crippen molar-refractivity contribution in [1.82, 2.24) is 0 Å². The molecule has 2 heteroatoms. The average Bonchev–Trinajstić information content (AvgIpc) is 2.46. The summed E-state index contributed by atoms with van der Waals surface area (Å²) in [4.78, 5) is 0. The van der Waals surface area contributed by atoms with Crippen molar-refractivity contribution in [1.29, 1.82) is 0 Å². The minimum atomic E-state index is 0.496. The Morgan fingerprint density at radius 1 is 1.05 bits per heavy atom. The smallest absolute Gasteiger partial charge is 0.123 e. The zero-order valence-electron chi connectivity index (χ0n) is 11.8. The maximum atomic E-state index is 5.70. The molecule has 100 valence electrons. The molecule has 0 saturated heterocycles. The van der Waals surface area contributed by atoms with E-state index in [1.54, 1.807) is 7.11 Å². The predicted octanol–water partition coefficient (Wildman–Crippen LogP) is 3.94. The molecule has 0 aliphatic heterocycles. The lowest BCUT2D eigenvalue weighted by Gasteiger charge is -2.11. The fourth-order valence-electron chi connectivity index (χ4n) is 2.17. The van der Waals surface area contributed by atoms with Crippen LogP contribution in [-0.4, -0.2) is 7.11 Å². The van der Waals surface area contributed by atoms with Gasteiger partial charge in [0.25, 0.3) is 0 Å². The molecular weight excluding hydrogens is 234 g/mol. The largest absolute Gasteiger partial charge is 0.496 e. The summed E-state index contributed by atoms with van der Waals surface area (Å²) >= 11 is 0. The van der Waals surface area contributed by atoms with Gasteiger partial charge >= 0.3 is 0 Å². The average molecular weight is 255 g/mol. The van der Waals surface area contributed by atoms with Gasteiger partial charge in [-0.05, 0) is 28.7 Å². The Morgan fingerprint density at radius 3 is 2.42 bits per heavy atom. The van der Waals surface area contributed by atoms with Crippen LogP contribution in [-0.2, 0) is 6.54 Å². The van der Waals surface area contributed by atoms with Crippen LogP contribution in [0, 0.1) is 0 Å². The first-order valence-electron chi connectivity index (χ1n) is 6.63. The lowest BCUT2D eigenvalue weighted by molar-refractivity contribution is 0.410. The number of rotatable bonds is 4. The van der Waals surface area contributed by atoms with Gasteiger partial charge in [0.05, 0.1) is 7.11 Å². The zero-order chi connectivity index (χ0) is 13.8. The van der Waals surface area contributed by atoms with Gasteiger partial charge in [0.1, 0.15) is 5.75 Å². The standard InChI is InChI=1S/C17H21NO/c1-12(2)13-5-4-6-14(9-13)15-7-8-16(11-18)17(10-15)19-3/h4-10,12H,11,18H2,1-3H3. The van der Waals surface area contributed by atoms with Crippen LogP contribution < -0.4 is 10.5 Å². The highest BCUT2D eigenvalue weighted by Crippen LogP contribution is 2.29. The van der Waals surface area contributed by atoms with Crippen molar-refractivity contribution < 1.29 is 4.74 Å². The van der Waals surface area contributed by atoms with E-state index in [9.17, 15) is 0 Å². The molecule has 0 saturated carbocycles. The molecule has 0 amide bonds. The first kappa shape index (κ1) is 13.6. The number of hydrogen-bond acceptors (Lipinski definition) is 2. The third-order valence-corrected chi connectivity index (χ3v) is 3.39. The maximum Gasteiger partial charge on any atom is 0.123 e. The van der Waals surface area contributed by atoms with Crippen LogP contribution in [0.2, 0.25) is 0 Å². The summed E-state index contributed by atoms with van der Waals surface area (Å²) in [6, 6.07) is 14.8. The van der Waals surface area contributed by atoms with E-state index in [4.69, 9.17) is 10.5 Å². The van der Waals surface area contributed by atoms with Crippen molar-refractivity contribution in [3.63, 3.8) is 0 Å². The van der Waals surface area contributed by atoms with Crippen molar-refractivity contribution in [2.45, 2.75) is 26.3 Å². The van der Waals surface area contributed by atoms with E-state index in [1.165, 1.54) is 11.1 Å². The molecule has 2 N–H and O–H groups in total. The van der Waals surface area contributed by atoms with E-state index in [-0.39, 0.29) is 0 Å². The van der Waals surface area contributed by atoms with E-state index in [0.29, 0.717) is 12.5 Å². The number of hydrogen-bond donors (Lipinski definition) is 1. The summed E-state index contributed by atoms with van der Waals surface area (Å²) in [6.45, 7) is 4.91. The van der Waals surface area contributed by atoms with Gasteiger partial charge in [-0.2, -0.15) is 0 Å². The molecule has 0 aromatic heterocycles. The van der Waals surface area contributed by atoms with Crippen LogP contribution in [0.25, 0.3) is 11.1 Å². The SMILES string of the molecule is COc1cc(-c2cccc(C(C)C)c2)ccc1CN.